The van der Waals surface area contributed by atoms with Gasteiger partial charge in [0.15, 0.2) is 11.5 Å². The molecule has 2 amide bonds. The molecule has 3 heterocycles. The van der Waals surface area contributed by atoms with E-state index in [9.17, 15) is 14.4 Å². The molecule has 10 heteroatoms. The summed E-state index contributed by atoms with van der Waals surface area (Å²) in [5, 5.41) is 13.5. The van der Waals surface area contributed by atoms with E-state index in [1.165, 1.54) is 19.6 Å². The van der Waals surface area contributed by atoms with Gasteiger partial charge in [0.05, 0.1) is 18.3 Å². The quantitative estimate of drug-likeness (QED) is 0.414. The zero-order valence-corrected chi connectivity index (χ0v) is 25.7. The lowest BCUT2D eigenvalue weighted by molar-refractivity contribution is -0.141. The number of carbonyl (C=O) groups is 3. The Balaban J connectivity index is 1.47. The van der Waals surface area contributed by atoms with E-state index in [2.05, 4.69) is 10.6 Å². The van der Waals surface area contributed by atoms with E-state index in [4.69, 9.17) is 19.9 Å². The summed E-state index contributed by atoms with van der Waals surface area (Å²) in [6, 6.07) is -1.52. The summed E-state index contributed by atoms with van der Waals surface area (Å²) in [6.45, 7) is 9.51. The molecule has 0 aromatic heterocycles. The molecule has 42 heavy (non-hydrogen) atoms. The number of nitrogens with zero attached hydrogens (tertiary/aromatic N) is 2. The Morgan fingerprint density at radius 1 is 1.14 bits per heavy atom. The minimum Gasteiger partial charge on any atom is -0.485 e. The summed E-state index contributed by atoms with van der Waals surface area (Å²) < 4.78 is 12.6. The fourth-order valence-electron chi connectivity index (χ4n) is 7.60. The van der Waals surface area contributed by atoms with Crippen molar-refractivity contribution in [1.29, 1.82) is 5.41 Å². The van der Waals surface area contributed by atoms with Gasteiger partial charge in [0.1, 0.15) is 24.1 Å². The second kappa shape index (κ2) is 12.2. The van der Waals surface area contributed by atoms with Crippen LogP contribution in [0.4, 0.5) is 4.79 Å². The highest BCUT2D eigenvalue weighted by atomic mass is 16.6. The summed E-state index contributed by atoms with van der Waals surface area (Å²) >= 11 is 0. The first kappa shape index (κ1) is 30.3. The molecule has 0 aromatic rings. The molecule has 4 fully saturated rings. The third-order valence-electron chi connectivity index (χ3n) is 9.80. The first-order valence-electron chi connectivity index (χ1n) is 15.7. The van der Waals surface area contributed by atoms with Gasteiger partial charge in [-0.2, -0.15) is 0 Å². The zero-order valence-electron chi connectivity index (χ0n) is 25.7. The molecule has 3 N–H and O–H groups in total. The molecule has 3 aliphatic heterocycles. The monoisotopic (exact) mass is 581 g/mol. The number of fused-ring (bicyclic) bond motifs is 6. The third kappa shape index (κ3) is 6.27. The molecule has 2 saturated heterocycles. The highest BCUT2D eigenvalue weighted by molar-refractivity contribution is 6.00. The smallest absolute Gasteiger partial charge is 0.408 e. The number of ether oxygens (including phenoxy) is 2. The fraction of sp³-hybridized carbons (Fsp3) is 0.719. The van der Waals surface area contributed by atoms with Crippen LogP contribution < -0.4 is 10.6 Å². The number of Topliss-reactive ketones (excluding diaryl/α,β-unsaturated/α-hetero) is 1. The van der Waals surface area contributed by atoms with Crippen molar-refractivity contribution in [3.63, 3.8) is 0 Å². The maximum atomic E-state index is 14.2. The summed E-state index contributed by atoms with van der Waals surface area (Å²) in [4.78, 5) is 46.9. The summed E-state index contributed by atoms with van der Waals surface area (Å²) in [5.41, 5.74) is 0.203. The Bertz CT molecular complexity index is 1190. The van der Waals surface area contributed by atoms with E-state index >= 15 is 0 Å². The number of carbonyl (C=O) groups excluding carboxylic acids is 3. The van der Waals surface area contributed by atoms with E-state index < -0.39 is 29.7 Å². The van der Waals surface area contributed by atoms with Crippen LogP contribution >= 0.6 is 0 Å². The van der Waals surface area contributed by atoms with Crippen LogP contribution in [-0.4, -0.2) is 65.4 Å². The lowest BCUT2D eigenvalue weighted by Gasteiger charge is -2.36. The molecule has 5 rings (SSSR count). The van der Waals surface area contributed by atoms with Gasteiger partial charge in [-0.05, 0) is 74.7 Å². The van der Waals surface area contributed by atoms with Gasteiger partial charge in [0, 0.05) is 18.3 Å². The molecule has 2 bridgehead atoms. The van der Waals surface area contributed by atoms with Crippen LogP contribution in [0, 0.1) is 34.5 Å². The van der Waals surface area contributed by atoms with Crippen LogP contribution in [0.25, 0.3) is 0 Å². The number of alkyl carbamates (subject to hydrolysis) is 1. The predicted molar refractivity (Wildman–Crippen MR) is 160 cm³/mol. The highest BCUT2D eigenvalue weighted by Gasteiger charge is 2.55. The summed E-state index contributed by atoms with van der Waals surface area (Å²) in [5.74, 6) is 2.21. The van der Waals surface area contributed by atoms with E-state index in [1.807, 2.05) is 27.7 Å². The van der Waals surface area contributed by atoms with Gasteiger partial charge >= 0.3 is 6.09 Å². The molecular weight excluding hydrogens is 534 g/mol. The van der Waals surface area contributed by atoms with Crippen molar-refractivity contribution in [2.75, 3.05) is 6.54 Å². The van der Waals surface area contributed by atoms with Crippen molar-refractivity contribution < 1.29 is 23.9 Å². The predicted octanol–water partition coefficient (Wildman–Crippen LogP) is 4.70. The summed E-state index contributed by atoms with van der Waals surface area (Å²) in [6.07, 6.45) is 11.0. The number of ketones is 1. The molecular formula is C32H47N5O5. The average Bonchev–Trinajstić information content (AvgIpc) is 3.46. The van der Waals surface area contributed by atoms with Gasteiger partial charge < -0.3 is 30.4 Å². The van der Waals surface area contributed by atoms with E-state index in [1.54, 1.807) is 17.2 Å². The topological polar surface area (TPSA) is 133 Å². The van der Waals surface area contributed by atoms with Crippen LogP contribution in [0.2, 0.25) is 0 Å². The minimum atomic E-state index is -0.863. The number of amides is 2. The average molecular weight is 582 g/mol. The van der Waals surface area contributed by atoms with Gasteiger partial charge in [-0.3, -0.25) is 9.59 Å². The molecule has 5 aliphatic rings. The second-order valence-corrected chi connectivity index (χ2v) is 13.8. The Morgan fingerprint density at radius 3 is 2.62 bits per heavy atom. The van der Waals surface area contributed by atoms with Crippen LogP contribution in [0.5, 0.6) is 0 Å². The van der Waals surface area contributed by atoms with E-state index in [0.29, 0.717) is 35.8 Å². The van der Waals surface area contributed by atoms with Crippen molar-refractivity contribution >= 4 is 29.7 Å². The van der Waals surface area contributed by atoms with Crippen molar-refractivity contribution in [1.82, 2.24) is 15.5 Å². The van der Waals surface area contributed by atoms with Gasteiger partial charge in [0.25, 0.3) is 0 Å². The number of allylic oxidation sites excluding steroid dienone is 2. The summed E-state index contributed by atoms with van der Waals surface area (Å²) in [7, 11) is 0. The minimum absolute atomic E-state index is 0.101. The second-order valence-electron chi connectivity index (χ2n) is 13.8. The maximum Gasteiger partial charge on any atom is 0.408 e. The van der Waals surface area contributed by atoms with Gasteiger partial charge in [-0.1, -0.05) is 40.5 Å². The number of hydrogen-bond acceptors (Lipinski definition) is 8. The zero-order chi connectivity index (χ0) is 30.2. The standard InChI is InChI=1S/C32H47N5O5/c1-6-20-26-17-37(28(20)18(2)38)30(39)29(32(3,4)5)36-31(40)42-24-15-19-14-22(19)21(24)10-8-7-9-11-23-25(41-26)16-34-27(35-23)12-13-33/h12-13,16,19-22,24,26,28-29,33-34H,6-11,14-15,17H2,1-5H3,(H,36,40)/b27-12+,33-13?/t19?,20-,21-,22?,24-,26+,28-,29-/m1/s1. The van der Waals surface area contributed by atoms with Gasteiger partial charge in [0.2, 0.25) is 5.91 Å². The van der Waals surface area contributed by atoms with Crippen LogP contribution in [-0.2, 0) is 19.1 Å². The van der Waals surface area contributed by atoms with Crippen LogP contribution in [0.3, 0.4) is 0 Å². The van der Waals surface area contributed by atoms with Crippen molar-refractivity contribution in [3.8, 4) is 0 Å². The van der Waals surface area contributed by atoms with Crippen LogP contribution in [0.1, 0.15) is 86.0 Å². The number of rotatable bonds is 3. The number of aliphatic imine (C=N–C) groups is 1. The Kier molecular flexibility index (Phi) is 8.81. The Hall–Kier alpha value is -3.17. The first-order chi connectivity index (χ1) is 20.0. The molecule has 0 aromatic carbocycles. The highest BCUT2D eigenvalue weighted by Crippen LogP contribution is 2.57. The first-order valence-corrected chi connectivity index (χ1v) is 15.7. The molecule has 230 valence electrons. The molecule has 0 spiro atoms. The maximum absolute atomic E-state index is 14.2. The Morgan fingerprint density at radius 2 is 1.93 bits per heavy atom. The number of hydrogen-bond donors (Lipinski definition) is 3. The lowest BCUT2D eigenvalue weighted by atomic mass is 9.85. The van der Waals surface area contributed by atoms with Crippen molar-refractivity contribution in [2.45, 2.75) is 110 Å². The fourth-order valence-corrected chi connectivity index (χ4v) is 7.60. The largest absolute Gasteiger partial charge is 0.485 e. The lowest BCUT2D eigenvalue weighted by Crippen LogP contribution is -2.57. The van der Waals surface area contributed by atoms with Gasteiger partial charge in [-0.15, -0.1) is 0 Å². The molecule has 2 aliphatic carbocycles. The molecule has 2 saturated carbocycles. The van der Waals surface area contributed by atoms with Crippen LogP contribution in [0.15, 0.2) is 28.8 Å². The third-order valence-corrected chi connectivity index (χ3v) is 9.80. The Labute approximate surface area is 249 Å². The molecule has 2 unspecified atom stereocenters. The normalized spacial score (nSPS) is 36.4. The van der Waals surface area contributed by atoms with Crippen molar-refractivity contribution in [2.24, 2.45) is 34.1 Å². The van der Waals surface area contributed by atoms with E-state index in [0.717, 1.165) is 44.2 Å². The molecule has 8 atom stereocenters. The van der Waals surface area contributed by atoms with Gasteiger partial charge in [-0.25, -0.2) is 9.79 Å². The van der Waals surface area contributed by atoms with Crippen molar-refractivity contribution in [3.05, 3.63) is 23.9 Å². The SMILES string of the molecule is CC[C@@H]1[C@@H]2CN(C(=O)[C@H](C(C)(C)C)NC(=O)O[C@@H]3CC4CC4[C@H]3CCCCCC3=N/C(=C/C=N)NC=C3O2)[C@@H]1C(C)=O. The number of nitrogens with one attached hydrogen (secondary N) is 3. The molecule has 0 radical (unpaired) electrons. The molecule has 10 nitrogen and oxygen atoms in total. The van der Waals surface area contributed by atoms with E-state index in [-0.39, 0.29) is 30.3 Å².